The number of nitrogens with zero attached hydrogens (tertiary/aromatic N) is 2. The van der Waals surface area contributed by atoms with Crippen LogP contribution < -0.4 is 0 Å². The molecule has 0 aliphatic rings. The van der Waals surface area contributed by atoms with Crippen LogP contribution in [0.1, 0.15) is 32.9 Å². The molecule has 21 heavy (non-hydrogen) atoms. The highest BCUT2D eigenvalue weighted by Gasteiger charge is 2.14. The normalized spacial score (nSPS) is 10.7. The number of benzene rings is 1. The van der Waals surface area contributed by atoms with Crippen molar-refractivity contribution in [2.75, 3.05) is 0 Å². The summed E-state index contributed by atoms with van der Waals surface area (Å²) in [6.07, 6.45) is 0. The summed E-state index contributed by atoms with van der Waals surface area (Å²) in [5, 5.41) is 9.47. The molecule has 1 N–H and O–H groups in total. The summed E-state index contributed by atoms with van der Waals surface area (Å²) in [4.78, 5) is 19.6. The third-order valence-corrected chi connectivity index (χ3v) is 4.17. The lowest BCUT2D eigenvalue weighted by atomic mass is 10.1. The van der Waals surface area contributed by atoms with Crippen LogP contribution in [-0.2, 0) is 5.75 Å². The second-order valence-corrected chi connectivity index (χ2v) is 5.62. The number of halogens is 1. The molecule has 1 aromatic heterocycles. The molecule has 0 fully saturated rings. The molecule has 6 heteroatoms. The first-order chi connectivity index (χ1) is 9.90. The Bertz CT molecular complexity index is 681. The van der Waals surface area contributed by atoms with E-state index in [-0.39, 0.29) is 11.3 Å². The van der Waals surface area contributed by atoms with Crippen LogP contribution in [0.15, 0.2) is 23.4 Å². The van der Waals surface area contributed by atoms with Crippen LogP contribution in [0.3, 0.4) is 0 Å². The van der Waals surface area contributed by atoms with Crippen molar-refractivity contribution in [3.05, 3.63) is 52.1 Å². The van der Waals surface area contributed by atoms with Gasteiger partial charge >= 0.3 is 5.97 Å². The van der Waals surface area contributed by atoms with E-state index >= 15 is 0 Å². The standard InChI is InChI=1S/C15H15FN2O2S/c1-8-9(2)17-15(18-10(8)3)21-7-11-5-4-6-12(13(11)16)14(19)20/h4-6H,7H2,1-3H3,(H,19,20). The average molecular weight is 306 g/mol. The van der Waals surface area contributed by atoms with Crippen LogP contribution in [-0.4, -0.2) is 21.0 Å². The molecule has 0 amide bonds. The minimum atomic E-state index is -1.27. The zero-order valence-corrected chi connectivity index (χ0v) is 12.8. The van der Waals surface area contributed by atoms with Gasteiger partial charge in [-0.15, -0.1) is 0 Å². The number of carbonyl (C=O) groups is 1. The van der Waals surface area contributed by atoms with Crippen molar-refractivity contribution in [3.63, 3.8) is 0 Å². The topological polar surface area (TPSA) is 63.1 Å². The Morgan fingerprint density at radius 2 is 1.86 bits per heavy atom. The highest BCUT2D eigenvalue weighted by Crippen LogP contribution is 2.24. The highest BCUT2D eigenvalue weighted by atomic mass is 32.2. The van der Waals surface area contributed by atoms with Crippen molar-refractivity contribution >= 4 is 17.7 Å². The lowest BCUT2D eigenvalue weighted by Crippen LogP contribution is -2.03. The van der Waals surface area contributed by atoms with Gasteiger partial charge in [0.05, 0.1) is 5.56 Å². The number of thioether (sulfide) groups is 1. The van der Waals surface area contributed by atoms with Crippen molar-refractivity contribution < 1.29 is 14.3 Å². The third kappa shape index (κ3) is 3.39. The maximum Gasteiger partial charge on any atom is 0.338 e. The van der Waals surface area contributed by atoms with E-state index in [1.807, 2.05) is 20.8 Å². The van der Waals surface area contributed by atoms with Crippen LogP contribution in [0.2, 0.25) is 0 Å². The molecule has 0 bridgehead atoms. The van der Waals surface area contributed by atoms with Crippen molar-refractivity contribution in [3.8, 4) is 0 Å². The molecule has 0 unspecified atom stereocenters. The lowest BCUT2D eigenvalue weighted by molar-refractivity contribution is 0.0691. The number of carboxylic acids is 1. The second-order valence-electron chi connectivity index (χ2n) is 4.67. The van der Waals surface area contributed by atoms with Gasteiger partial charge in [-0.25, -0.2) is 19.2 Å². The fourth-order valence-corrected chi connectivity index (χ4v) is 2.72. The van der Waals surface area contributed by atoms with Crippen molar-refractivity contribution in [1.82, 2.24) is 9.97 Å². The average Bonchev–Trinajstić information content (AvgIpc) is 2.43. The Balaban J connectivity index is 2.21. The van der Waals surface area contributed by atoms with E-state index in [4.69, 9.17) is 5.11 Å². The van der Waals surface area contributed by atoms with E-state index in [9.17, 15) is 9.18 Å². The summed E-state index contributed by atoms with van der Waals surface area (Å²) in [5.41, 5.74) is 2.84. The summed E-state index contributed by atoms with van der Waals surface area (Å²) in [7, 11) is 0. The first kappa shape index (κ1) is 15.4. The zero-order valence-electron chi connectivity index (χ0n) is 12.0. The highest BCUT2D eigenvalue weighted by molar-refractivity contribution is 7.98. The van der Waals surface area contributed by atoms with Crippen molar-refractivity contribution in [1.29, 1.82) is 0 Å². The van der Waals surface area contributed by atoms with E-state index in [0.717, 1.165) is 17.0 Å². The summed E-state index contributed by atoms with van der Waals surface area (Å²) in [5.74, 6) is -1.68. The van der Waals surface area contributed by atoms with Crippen LogP contribution in [0, 0.1) is 26.6 Å². The van der Waals surface area contributed by atoms with E-state index in [2.05, 4.69) is 9.97 Å². The van der Waals surface area contributed by atoms with E-state index < -0.39 is 11.8 Å². The summed E-state index contributed by atoms with van der Waals surface area (Å²) < 4.78 is 14.0. The molecule has 2 rings (SSSR count). The molecule has 0 saturated carbocycles. The first-order valence-electron chi connectivity index (χ1n) is 6.35. The number of hydrogen-bond acceptors (Lipinski definition) is 4. The third-order valence-electron chi connectivity index (χ3n) is 3.28. The van der Waals surface area contributed by atoms with Gasteiger partial charge in [0.2, 0.25) is 0 Å². The molecule has 0 aliphatic heterocycles. The molecule has 0 spiro atoms. The molecule has 2 aromatic rings. The Hall–Kier alpha value is -1.95. The van der Waals surface area contributed by atoms with Gasteiger partial charge in [0.1, 0.15) is 5.82 Å². The molecule has 1 aromatic carbocycles. The maximum atomic E-state index is 14.0. The molecule has 0 saturated heterocycles. The molecule has 1 heterocycles. The Morgan fingerprint density at radius 3 is 2.43 bits per heavy atom. The van der Waals surface area contributed by atoms with Gasteiger partial charge in [0, 0.05) is 17.1 Å². The maximum absolute atomic E-state index is 14.0. The van der Waals surface area contributed by atoms with Crippen LogP contribution in [0.25, 0.3) is 0 Å². The fraction of sp³-hybridized carbons (Fsp3) is 0.267. The van der Waals surface area contributed by atoms with Crippen molar-refractivity contribution in [2.45, 2.75) is 31.7 Å². The molecular weight excluding hydrogens is 291 g/mol. The largest absolute Gasteiger partial charge is 0.478 e. The number of rotatable bonds is 4. The Labute approximate surface area is 126 Å². The summed E-state index contributed by atoms with van der Waals surface area (Å²) in [6.45, 7) is 5.76. The molecule has 4 nitrogen and oxygen atoms in total. The van der Waals surface area contributed by atoms with Crippen LogP contribution in [0.4, 0.5) is 4.39 Å². The SMILES string of the molecule is Cc1nc(SCc2cccc(C(=O)O)c2F)nc(C)c1C. The second kappa shape index (κ2) is 6.22. The predicted molar refractivity (Wildman–Crippen MR) is 79.2 cm³/mol. The van der Waals surface area contributed by atoms with E-state index in [1.54, 1.807) is 6.07 Å². The number of aryl methyl sites for hydroxylation is 2. The van der Waals surface area contributed by atoms with Crippen molar-refractivity contribution in [2.24, 2.45) is 0 Å². The number of hydrogen-bond donors (Lipinski definition) is 1. The minimum absolute atomic E-state index is 0.287. The van der Waals surface area contributed by atoms with Crippen LogP contribution >= 0.6 is 11.8 Å². The molecule has 0 aliphatic carbocycles. The number of aromatic carboxylic acids is 1. The number of aromatic nitrogens is 2. The first-order valence-corrected chi connectivity index (χ1v) is 7.34. The zero-order chi connectivity index (χ0) is 15.6. The van der Waals surface area contributed by atoms with Gasteiger partial charge in [-0.2, -0.15) is 0 Å². The van der Waals surface area contributed by atoms with Gasteiger partial charge in [-0.05, 0) is 38.0 Å². The predicted octanol–water partition coefficient (Wildman–Crippen LogP) is 3.53. The van der Waals surface area contributed by atoms with Gasteiger partial charge in [0.15, 0.2) is 5.16 Å². The Kier molecular flexibility index (Phi) is 4.57. The molecular formula is C15H15FN2O2S. The summed E-state index contributed by atoms with van der Waals surface area (Å²) >= 11 is 1.29. The lowest BCUT2D eigenvalue weighted by Gasteiger charge is -2.08. The van der Waals surface area contributed by atoms with Gasteiger partial charge in [-0.3, -0.25) is 0 Å². The van der Waals surface area contributed by atoms with Crippen LogP contribution in [0.5, 0.6) is 0 Å². The van der Waals surface area contributed by atoms with Gasteiger partial charge in [0.25, 0.3) is 0 Å². The minimum Gasteiger partial charge on any atom is -0.478 e. The van der Waals surface area contributed by atoms with E-state index in [1.165, 1.54) is 23.9 Å². The summed E-state index contributed by atoms with van der Waals surface area (Å²) in [6, 6.07) is 4.36. The van der Waals surface area contributed by atoms with E-state index in [0.29, 0.717) is 10.7 Å². The van der Waals surface area contributed by atoms with Gasteiger partial charge < -0.3 is 5.11 Å². The smallest absolute Gasteiger partial charge is 0.338 e. The Morgan fingerprint density at radius 1 is 1.24 bits per heavy atom. The monoisotopic (exact) mass is 306 g/mol. The number of carboxylic acid groups (broad SMARTS) is 1. The molecule has 0 atom stereocenters. The quantitative estimate of drug-likeness (QED) is 0.691. The van der Waals surface area contributed by atoms with Gasteiger partial charge in [-0.1, -0.05) is 23.9 Å². The fourth-order valence-electron chi connectivity index (χ4n) is 1.80. The molecule has 110 valence electrons. The molecule has 0 radical (unpaired) electrons.